The SMILES string of the molecule is O=C1CSC(c2ccc3c(c2)OCCO3)c2sccc2N1. The predicted octanol–water partition coefficient (Wildman–Crippen LogP) is 3.29. The fourth-order valence-electron chi connectivity index (χ4n) is 2.52. The van der Waals surface area contributed by atoms with E-state index in [1.54, 1.807) is 23.1 Å². The van der Waals surface area contributed by atoms with Crippen molar-refractivity contribution in [1.82, 2.24) is 0 Å². The van der Waals surface area contributed by atoms with Gasteiger partial charge in [0.15, 0.2) is 11.5 Å². The van der Waals surface area contributed by atoms with Crippen molar-refractivity contribution in [2.45, 2.75) is 5.25 Å². The van der Waals surface area contributed by atoms with E-state index in [1.165, 1.54) is 4.88 Å². The number of nitrogens with one attached hydrogen (secondary N) is 1. The number of ether oxygens (including phenoxy) is 2. The van der Waals surface area contributed by atoms with Crippen LogP contribution in [0.3, 0.4) is 0 Å². The summed E-state index contributed by atoms with van der Waals surface area (Å²) in [6.45, 7) is 1.18. The molecular weight excluding hydrogens is 306 g/mol. The second kappa shape index (κ2) is 5.27. The van der Waals surface area contributed by atoms with Crippen LogP contribution in [0.15, 0.2) is 29.6 Å². The fourth-order valence-corrected chi connectivity index (χ4v) is 4.75. The van der Waals surface area contributed by atoms with Gasteiger partial charge in [-0.3, -0.25) is 4.79 Å². The molecule has 4 nitrogen and oxygen atoms in total. The fraction of sp³-hybridized carbons (Fsp3) is 0.267. The maximum Gasteiger partial charge on any atom is 0.234 e. The van der Waals surface area contributed by atoms with Crippen LogP contribution in [0.5, 0.6) is 11.5 Å². The molecule has 1 atom stereocenters. The molecule has 0 aliphatic carbocycles. The molecule has 6 heteroatoms. The molecule has 21 heavy (non-hydrogen) atoms. The van der Waals surface area contributed by atoms with E-state index in [0.717, 1.165) is 22.7 Å². The van der Waals surface area contributed by atoms with Gasteiger partial charge >= 0.3 is 0 Å². The Morgan fingerprint density at radius 3 is 2.90 bits per heavy atom. The minimum Gasteiger partial charge on any atom is -0.486 e. The number of hydrogen-bond donors (Lipinski definition) is 1. The molecule has 1 N–H and O–H groups in total. The number of thiophene rings is 1. The number of hydrogen-bond acceptors (Lipinski definition) is 5. The van der Waals surface area contributed by atoms with Gasteiger partial charge in [0.2, 0.25) is 5.91 Å². The quantitative estimate of drug-likeness (QED) is 0.876. The number of carbonyl (C=O) groups is 1. The highest BCUT2D eigenvalue weighted by atomic mass is 32.2. The summed E-state index contributed by atoms with van der Waals surface area (Å²) in [7, 11) is 0. The molecule has 2 aliphatic heterocycles. The van der Waals surface area contributed by atoms with Gasteiger partial charge in [-0.2, -0.15) is 0 Å². The smallest absolute Gasteiger partial charge is 0.234 e. The van der Waals surface area contributed by atoms with Crippen molar-refractivity contribution < 1.29 is 14.3 Å². The largest absolute Gasteiger partial charge is 0.486 e. The molecule has 0 radical (unpaired) electrons. The first-order chi connectivity index (χ1) is 10.3. The van der Waals surface area contributed by atoms with Crippen molar-refractivity contribution in [3.05, 3.63) is 40.1 Å². The van der Waals surface area contributed by atoms with Crippen molar-refractivity contribution in [1.29, 1.82) is 0 Å². The molecule has 1 unspecified atom stereocenters. The molecule has 108 valence electrons. The van der Waals surface area contributed by atoms with Gasteiger partial charge in [0, 0.05) is 4.88 Å². The van der Waals surface area contributed by atoms with Crippen LogP contribution in [0.1, 0.15) is 15.7 Å². The molecule has 2 aromatic rings. The molecule has 1 aromatic heterocycles. The minimum absolute atomic E-state index is 0.0553. The molecule has 0 saturated carbocycles. The molecule has 2 aliphatic rings. The van der Waals surface area contributed by atoms with Gasteiger partial charge in [-0.1, -0.05) is 6.07 Å². The van der Waals surface area contributed by atoms with E-state index in [1.807, 2.05) is 23.6 Å². The molecule has 1 amide bonds. The van der Waals surface area contributed by atoms with Gasteiger partial charge in [-0.05, 0) is 29.1 Å². The zero-order valence-corrected chi connectivity index (χ0v) is 12.8. The average molecular weight is 319 g/mol. The van der Waals surface area contributed by atoms with Crippen LogP contribution in [0.2, 0.25) is 0 Å². The summed E-state index contributed by atoms with van der Waals surface area (Å²) < 4.78 is 11.2. The van der Waals surface area contributed by atoms with Crippen LogP contribution in [-0.2, 0) is 4.79 Å². The highest BCUT2D eigenvalue weighted by Gasteiger charge is 2.26. The number of thioether (sulfide) groups is 1. The van der Waals surface area contributed by atoms with E-state index in [2.05, 4.69) is 11.4 Å². The first-order valence-electron chi connectivity index (χ1n) is 6.69. The third-order valence-corrected chi connectivity index (χ3v) is 5.86. The van der Waals surface area contributed by atoms with E-state index in [-0.39, 0.29) is 11.2 Å². The number of fused-ring (bicyclic) bond motifs is 2. The van der Waals surface area contributed by atoms with E-state index >= 15 is 0 Å². The lowest BCUT2D eigenvalue weighted by Gasteiger charge is -2.21. The summed E-state index contributed by atoms with van der Waals surface area (Å²) in [6, 6.07) is 8.02. The third kappa shape index (κ3) is 2.38. The lowest BCUT2D eigenvalue weighted by Crippen LogP contribution is -2.15. The van der Waals surface area contributed by atoms with E-state index in [0.29, 0.717) is 19.0 Å². The van der Waals surface area contributed by atoms with E-state index in [4.69, 9.17) is 9.47 Å². The van der Waals surface area contributed by atoms with Crippen molar-refractivity contribution >= 4 is 34.7 Å². The molecule has 0 saturated heterocycles. The van der Waals surface area contributed by atoms with Gasteiger partial charge in [-0.15, -0.1) is 23.1 Å². The van der Waals surface area contributed by atoms with Crippen LogP contribution < -0.4 is 14.8 Å². The van der Waals surface area contributed by atoms with Crippen molar-refractivity contribution in [2.75, 3.05) is 24.3 Å². The maximum atomic E-state index is 11.8. The Kier molecular flexibility index (Phi) is 3.27. The molecule has 0 spiro atoms. The standard InChI is InChI=1S/C15H13NO3S2/c17-13-8-21-14(15-10(16-13)3-6-20-15)9-1-2-11-12(7-9)19-5-4-18-11/h1-3,6-7,14H,4-5,8H2,(H,16,17). The molecule has 4 rings (SSSR count). The maximum absolute atomic E-state index is 11.8. The van der Waals surface area contributed by atoms with Gasteiger partial charge in [-0.25, -0.2) is 0 Å². The third-order valence-electron chi connectivity index (χ3n) is 3.46. The minimum atomic E-state index is 0.0553. The zero-order valence-electron chi connectivity index (χ0n) is 11.1. The first kappa shape index (κ1) is 13.0. The molecule has 3 heterocycles. The Morgan fingerprint density at radius 1 is 1.14 bits per heavy atom. The van der Waals surface area contributed by atoms with Crippen LogP contribution in [-0.4, -0.2) is 24.9 Å². The monoisotopic (exact) mass is 319 g/mol. The number of benzene rings is 1. The highest BCUT2D eigenvalue weighted by Crippen LogP contribution is 2.46. The average Bonchev–Trinajstić information content (AvgIpc) is 2.89. The summed E-state index contributed by atoms with van der Waals surface area (Å²) >= 11 is 3.32. The molecular formula is C15H13NO3S2. The lowest BCUT2D eigenvalue weighted by atomic mass is 10.1. The van der Waals surface area contributed by atoms with Gasteiger partial charge in [0.05, 0.1) is 16.7 Å². The first-order valence-corrected chi connectivity index (χ1v) is 8.62. The van der Waals surface area contributed by atoms with Crippen molar-refractivity contribution in [3.8, 4) is 11.5 Å². The summed E-state index contributed by atoms with van der Waals surface area (Å²) in [5, 5.41) is 5.12. The number of anilines is 1. The topological polar surface area (TPSA) is 47.6 Å². The number of amides is 1. The summed E-state index contributed by atoms with van der Waals surface area (Å²) in [6.07, 6.45) is 0. The van der Waals surface area contributed by atoms with Gasteiger partial charge in [0.1, 0.15) is 13.2 Å². The lowest BCUT2D eigenvalue weighted by molar-refractivity contribution is -0.113. The Morgan fingerprint density at radius 2 is 2.00 bits per heavy atom. The van der Waals surface area contributed by atoms with Crippen molar-refractivity contribution in [3.63, 3.8) is 0 Å². The van der Waals surface area contributed by atoms with Crippen LogP contribution in [0.25, 0.3) is 0 Å². The Labute approximate surface area is 130 Å². The summed E-state index contributed by atoms with van der Waals surface area (Å²) in [5.74, 6) is 2.10. The Bertz CT molecular complexity index is 698. The molecule has 0 bridgehead atoms. The van der Waals surface area contributed by atoms with Crippen molar-refractivity contribution in [2.24, 2.45) is 0 Å². The van der Waals surface area contributed by atoms with E-state index < -0.39 is 0 Å². The second-order valence-electron chi connectivity index (χ2n) is 4.84. The highest BCUT2D eigenvalue weighted by molar-refractivity contribution is 8.00. The predicted molar refractivity (Wildman–Crippen MR) is 84.7 cm³/mol. The second-order valence-corrected chi connectivity index (χ2v) is 6.88. The van der Waals surface area contributed by atoms with Gasteiger partial charge in [0.25, 0.3) is 0 Å². The number of rotatable bonds is 1. The molecule has 1 aromatic carbocycles. The summed E-state index contributed by atoms with van der Waals surface area (Å²) in [5.41, 5.74) is 2.07. The Hall–Kier alpha value is -1.66. The van der Waals surface area contributed by atoms with Crippen LogP contribution >= 0.6 is 23.1 Å². The zero-order chi connectivity index (χ0) is 14.2. The van der Waals surface area contributed by atoms with E-state index in [9.17, 15) is 4.79 Å². The normalized spacial score (nSPS) is 20.4. The van der Waals surface area contributed by atoms with Crippen LogP contribution in [0, 0.1) is 0 Å². The molecule has 0 fully saturated rings. The number of carbonyl (C=O) groups excluding carboxylic acids is 1. The summed E-state index contributed by atoms with van der Waals surface area (Å²) in [4.78, 5) is 13.0. The van der Waals surface area contributed by atoms with Crippen LogP contribution in [0.4, 0.5) is 5.69 Å². The Balaban J connectivity index is 1.75. The van der Waals surface area contributed by atoms with Gasteiger partial charge < -0.3 is 14.8 Å².